The van der Waals surface area contributed by atoms with Crippen molar-refractivity contribution in [3.8, 4) is 0 Å². The summed E-state index contributed by atoms with van der Waals surface area (Å²) in [5.41, 5.74) is 1.06. The fourth-order valence-electron chi connectivity index (χ4n) is 1.56. The fourth-order valence-corrected chi connectivity index (χ4v) is 1.77. The molecule has 1 aromatic carbocycles. The van der Waals surface area contributed by atoms with Gasteiger partial charge in [0.2, 0.25) is 0 Å². The van der Waals surface area contributed by atoms with E-state index >= 15 is 0 Å². The van der Waals surface area contributed by atoms with Gasteiger partial charge in [-0.3, -0.25) is 0 Å². The Balaban J connectivity index is 1.85. The molecule has 0 unspecified atom stereocenters. The molecule has 0 bridgehead atoms. The van der Waals surface area contributed by atoms with Crippen LogP contribution in [0.25, 0.3) is 0 Å². The van der Waals surface area contributed by atoms with Crippen molar-refractivity contribution in [3.05, 3.63) is 58.5 Å². The first-order chi connectivity index (χ1) is 8.29. The zero-order valence-electron chi connectivity index (χ0n) is 9.32. The number of hydrogen-bond acceptors (Lipinski definition) is 3. The van der Waals surface area contributed by atoms with Gasteiger partial charge in [0.05, 0.1) is 6.54 Å². The fraction of sp³-hybridized carbons (Fsp3) is 0.231. The Bertz CT molecular complexity index is 482. The third-order valence-electron chi connectivity index (χ3n) is 2.45. The van der Waals surface area contributed by atoms with Gasteiger partial charge in [0.25, 0.3) is 0 Å². The molecular formula is C13H14ClNO2. The molecule has 0 saturated carbocycles. The lowest BCUT2D eigenvalue weighted by Gasteiger charge is -2.04. The molecule has 0 aliphatic carbocycles. The van der Waals surface area contributed by atoms with E-state index in [2.05, 4.69) is 5.32 Å². The number of aliphatic hydroxyl groups is 1. The normalized spacial score (nSPS) is 10.7. The van der Waals surface area contributed by atoms with E-state index in [-0.39, 0.29) is 6.61 Å². The number of rotatable bonds is 5. The van der Waals surface area contributed by atoms with Crippen molar-refractivity contribution in [1.82, 2.24) is 5.32 Å². The molecule has 0 atom stereocenters. The SMILES string of the molecule is OCc1ccc(CNCc2ccccc2Cl)o1. The van der Waals surface area contributed by atoms with Crippen LogP contribution in [0, 0.1) is 0 Å². The number of benzene rings is 1. The van der Waals surface area contributed by atoms with Crippen molar-refractivity contribution < 1.29 is 9.52 Å². The zero-order valence-corrected chi connectivity index (χ0v) is 10.1. The van der Waals surface area contributed by atoms with Crippen LogP contribution in [0.4, 0.5) is 0 Å². The van der Waals surface area contributed by atoms with Crippen molar-refractivity contribution in [1.29, 1.82) is 0 Å². The third kappa shape index (κ3) is 3.33. The maximum atomic E-state index is 8.86. The monoisotopic (exact) mass is 251 g/mol. The zero-order chi connectivity index (χ0) is 12.1. The molecule has 0 radical (unpaired) electrons. The van der Waals surface area contributed by atoms with Gasteiger partial charge >= 0.3 is 0 Å². The summed E-state index contributed by atoms with van der Waals surface area (Å²) in [6, 6.07) is 11.3. The van der Waals surface area contributed by atoms with Crippen LogP contribution in [0.5, 0.6) is 0 Å². The smallest absolute Gasteiger partial charge is 0.129 e. The quantitative estimate of drug-likeness (QED) is 0.859. The molecule has 3 nitrogen and oxygen atoms in total. The lowest BCUT2D eigenvalue weighted by Crippen LogP contribution is -2.12. The van der Waals surface area contributed by atoms with Crippen LogP contribution >= 0.6 is 11.6 Å². The predicted molar refractivity (Wildman–Crippen MR) is 66.6 cm³/mol. The van der Waals surface area contributed by atoms with Gasteiger partial charge in [-0.2, -0.15) is 0 Å². The van der Waals surface area contributed by atoms with Gasteiger partial charge in [-0.25, -0.2) is 0 Å². The van der Waals surface area contributed by atoms with E-state index in [1.165, 1.54) is 0 Å². The second kappa shape index (κ2) is 5.87. The standard InChI is InChI=1S/C13H14ClNO2/c14-13-4-2-1-3-10(13)7-15-8-11-5-6-12(9-16)17-11/h1-6,15-16H,7-9H2. The van der Waals surface area contributed by atoms with Crippen molar-refractivity contribution in [3.63, 3.8) is 0 Å². The molecule has 90 valence electrons. The second-order valence-corrected chi connectivity index (χ2v) is 4.13. The minimum absolute atomic E-state index is 0.0650. The molecule has 4 heteroatoms. The van der Waals surface area contributed by atoms with Crippen molar-refractivity contribution in [2.24, 2.45) is 0 Å². The minimum Gasteiger partial charge on any atom is -0.462 e. The Labute approximate surface area is 105 Å². The lowest BCUT2D eigenvalue weighted by atomic mass is 10.2. The van der Waals surface area contributed by atoms with E-state index in [1.54, 1.807) is 6.07 Å². The summed E-state index contributed by atoms with van der Waals surface area (Å²) < 4.78 is 5.36. The van der Waals surface area contributed by atoms with E-state index in [0.717, 1.165) is 16.3 Å². The highest BCUT2D eigenvalue weighted by atomic mass is 35.5. The van der Waals surface area contributed by atoms with Gasteiger partial charge in [-0.15, -0.1) is 0 Å². The highest BCUT2D eigenvalue weighted by molar-refractivity contribution is 6.31. The van der Waals surface area contributed by atoms with Crippen LogP contribution in [0.3, 0.4) is 0 Å². The van der Waals surface area contributed by atoms with Crippen LogP contribution in [0.2, 0.25) is 5.02 Å². The highest BCUT2D eigenvalue weighted by Gasteiger charge is 2.02. The Morgan fingerprint density at radius 1 is 1.06 bits per heavy atom. The van der Waals surface area contributed by atoms with Crippen LogP contribution < -0.4 is 5.32 Å². The summed E-state index contributed by atoms with van der Waals surface area (Å²) in [6.07, 6.45) is 0. The molecule has 0 amide bonds. The maximum absolute atomic E-state index is 8.86. The Kier molecular flexibility index (Phi) is 4.20. The molecule has 1 heterocycles. The van der Waals surface area contributed by atoms with Gasteiger partial charge in [-0.1, -0.05) is 29.8 Å². The molecule has 0 spiro atoms. The summed E-state index contributed by atoms with van der Waals surface area (Å²) in [5.74, 6) is 1.39. The molecule has 0 fully saturated rings. The summed E-state index contributed by atoms with van der Waals surface area (Å²) in [7, 11) is 0. The highest BCUT2D eigenvalue weighted by Crippen LogP contribution is 2.14. The van der Waals surface area contributed by atoms with Crippen molar-refractivity contribution >= 4 is 11.6 Å². The largest absolute Gasteiger partial charge is 0.462 e. The van der Waals surface area contributed by atoms with E-state index in [4.69, 9.17) is 21.1 Å². The third-order valence-corrected chi connectivity index (χ3v) is 2.81. The number of furan rings is 1. The summed E-state index contributed by atoms with van der Waals surface area (Å²) in [4.78, 5) is 0. The molecule has 17 heavy (non-hydrogen) atoms. The van der Waals surface area contributed by atoms with E-state index in [0.29, 0.717) is 18.8 Å². The number of hydrogen-bond donors (Lipinski definition) is 2. The van der Waals surface area contributed by atoms with Gasteiger partial charge in [-0.05, 0) is 23.8 Å². The van der Waals surface area contributed by atoms with E-state index < -0.39 is 0 Å². The van der Waals surface area contributed by atoms with Gasteiger partial charge < -0.3 is 14.8 Å². The van der Waals surface area contributed by atoms with Crippen LogP contribution in [0.1, 0.15) is 17.1 Å². The van der Waals surface area contributed by atoms with Gasteiger partial charge in [0, 0.05) is 11.6 Å². The first-order valence-corrected chi connectivity index (χ1v) is 5.80. The Morgan fingerprint density at radius 3 is 2.53 bits per heavy atom. The number of aliphatic hydroxyl groups excluding tert-OH is 1. The molecular weight excluding hydrogens is 238 g/mol. The second-order valence-electron chi connectivity index (χ2n) is 3.72. The average Bonchev–Trinajstić information content (AvgIpc) is 2.80. The maximum Gasteiger partial charge on any atom is 0.129 e. The summed E-state index contributed by atoms with van der Waals surface area (Å²) in [5, 5.41) is 12.9. The minimum atomic E-state index is -0.0650. The van der Waals surface area contributed by atoms with Crippen molar-refractivity contribution in [2.45, 2.75) is 19.7 Å². The summed E-state index contributed by atoms with van der Waals surface area (Å²) >= 11 is 6.04. The molecule has 2 rings (SSSR count). The van der Waals surface area contributed by atoms with Gasteiger partial charge in [0.1, 0.15) is 18.1 Å². The molecule has 0 aliphatic heterocycles. The predicted octanol–water partition coefficient (Wildman–Crippen LogP) is 2.72. The van der Waals surface area contributed by atoms with Crippen LogP contribution in [-0.2, 0) is 19.7 Å². The van der Waals surface area contributed by atoms with E-state index in [9.17, 15) is 0 Å². The molecule has 1 aromatic heterocycles. The average molecular weight is 252 g/mol. The van der Waals surface area contributed by atoms with Crippen molar-refractivity contribution in [2.75, 3.05) is 0 Å². The Morgan fingerprint density at radius 2 is 1.82 bits per heavy atom. The molecule has 2 N–H and O–H groups in total. The Hall–Kier alpha value is -1.29. The number of halogens is 1. The van der Waals surface area contributed by atoms with E-state index in [1.807, 2.05) is 30.3 Å². The topological polar surface area (TPSA) is 45.4 Å². The van der Waals surface area contributed by atoms with Crippen LogP contribution in [0.15, 0.2) is 40.8 Å². The summed E-state index contributed by atoms with van der Waals surface area (Å²) in [6.45, 7) is 1.24. The van der Waals surface area contributed by atoms with Crippen LogP contribution in [-0.4, -0.2) is 5.11 Å². The van der Waals surface area contributed by atoms with Gasteiger partial charge in [0.15, 0.2) is 0 Å². The number of nitrogens with one attached hydrogen (secondary N) is 1. The molecule has 0 aliphatic rings. The first kappa shape index (κ1) is 12.2. The first-order valence-electron chi connectivity index (χ1n) is 5.42. The lowest BCUT2D eigenvalue weighted by molar-refractivity contribution is 0.242. The molecule has 0 saturated heterocycles. The molecule has 2 aromatic rings.